The first kappa shape index (κ1) is 19.8. The zero-order valence-electron chi connectivity index (χ0n) is 17.0. The first-order valence-electron chi connectivity index (χ1n) is 9.96. The molecule has 0 saturated carbocycles. The van der Waals surface area contributed by atoms with Crippen LogP contribution in [0.15, 0.2) is 52.4 Å². The van der Waals surface area contributed by atoms with Gasteiger partial charge in [-0.1, -0.05) is 11.8 Å². The van der Waals surface area contributed by atoms with Crippen molar-refractivity contribution in [1.29, 1.82) is 0 Å². The van der Waals surface area contributed by atoms with Crippen LogP contribution in [0.4, 0.5) is 8.78 Å². The van der Waals surface area contributed by atoms with Crippen LogP contribution >= 0.6 is 11.8 Å². The van der Waals surface area contributed by atoms with Crippen LogP contribution < -0.4 is 5.32 Å². The maximum absolute atomic E-state index is 13.7. The van der Waals surface area contributed by atoms with E-state index in [1.165, 1.54) is 12.1 Å². The lowest BCUT2D eigenvalue weighted by Crippen LogP contribution is -2.28. The molecule has 1 aliphatic rings. The molecular formula is C23H20F2N4OS. The number of halogens is 2. The van der Waals surface area contributed by atoms with Gasteiger partial charge in [0, 0.05) is 27.9 Å². The van der Waals surface area contributed by atoms with E-state index < -0.39 is 11.6 Å². The minimum Gasteiger partial charge on any atom is -0.344 e. The van der Waals surface area contributed by atoms with Crippen molar-refractivity contribution >= 4 is 28.6 Å². The third-order valence-electron chi connectivity index (χ3n) is 5.93. The molecule has 0 fully saturated rings. The number of H-pyrrole nitrogens is 1. The lowest BCUT2D eigenvalue weighted by molar-refractivity contribution is 0.0928. The number of nitrogens with zero attached hydrogens (tertiary/aromatic N) is 2. The predicted molar refractivity (Wildman–Crippen MR) is 115 cm³/mol. The van der Waals surface area contributed by atoms with Crippen molar-refractivity contribution < 1.29 is 13.6 Å². The Bertz CT molecular complexity index is 1330. The van der Waals surface area contributed by atoms with E-state index in [-0.39, 0.29) is 11.9 Å². The third kappa shape index (κ3) is 3.50. The largest absolute Gasteiger partial charge is 0.344 e. The van der Waals surface area contributed by atoms with Crippen LogP contribution in [0.5, 0.6) is 0 Å². The van der Waals surface area contributed by atoms with Gasteiger partial charge in [0.05, 0.1) is 17.8 Å². The average Bonchev–Trinajstić information content (AvgIpc) is 3.43. The lowest BCUT2D eigenvalue weighted by atomic mass is 10.1. The van der Waals surface area contributed by atoms with E-state index >= 15 is 0 Å². The molecule has 2 aromatic carbocycles. The van der Waals surface area contributed by atoms with Crippen LogP contribution in [0.25, 0.3) is 10.9 Å². The summed E-state index contributed by atoms with van der Waals surface area (Å²) < 4.78 is 29.1. The van der Waals surface area contributed by atoms with Crippen LogP contribution in [0, 0.1) is 18.6 Å². The molecule has 158 valence electrons. The van der Waals surface area contributed by atoms with Crippen LogP contribution in [-0.2, 0) is 13.5 Å². The fourth-order valence-corrected chi connectivity index (χ4v) is 5.12. The second-order valence-corrected chi connectivity index (χ2v) is 8.90. The molecule has 8 heteroatoms. The van der Waals surface area contributed by atoms with Gasteiger partial charge >= 0.3 is 0 Å². The van der Waals surface area contributed by atoms with E-state index in [2.05, 4.69) is 21.6 Å². The Hall–Kier alpha value is -3.13. The van der Waals surface area contributed by atoms with E-state index in [1.807, 2.05) is 36.7 Å². The molecule has 31 heavy (non-hydrogen) atoms. The SMILES string of the molecule is Cc1c(Sc2ccc3[nH]ncc3c2)cc(C(=O)NC2CCc3cc(F)c(F)cc32)n1C. The Morgan fingerprint density at radius 2 is 2.03 bits per heavy atom. The van der Waals surface area contributed by atoms with Gasteiger partial charge in [0.1, 0.15) is 5.69 Å². The summed E-state index contributed by atoms with van der Waals surface area (Å²) in [6.45, 7) is 1.97. The molecule has 2 N–H and O–H groups in total. The predicted octanol–water partition coefficient (Wildman–Crippen LogP) is 5.06. The Labute approximate surface area is 181 Å². The molecule has 1 unspecified atom stereocenters. The molecule has 0 bridgehead atoms. The number of fused-ring (bicyclic) bond motifs is 2. The summed E-state index contributed by atoms with van der Waals surface area (Å²) >= 11 is 1.59. The summed E-state index contributed by atoms with van der Waals surface area (Å²) in [5, 5.41) is 11.0. The topological polar surface area (TPSA) is 62.7 Å². The Morgan fingerprint density at radius 3 is 2.87 bits per heavy atom. The molecule has 1 amide bonds. The molecule has 1 atom stereocenters. The molecule has 5 nitrogen and oxygen atoms in total. The summed E-state index contributed by atoms with van der Waals surface area (Å²) in [5.74, 6) is -1.97. The fourth-order valence-electron chi connectivity index (χ4n) is 4.09. The van der Waals surface area contributed by atoms with Gasteiger partial charge in [-0.2, -0.15) is 5.10 Å². The van der Waals surface area contributed by atoms with Gasteiger partial charge in [-0.25, -0.2) is 8.78 Å². The summed E-state index contributed by atoms with van der Waals surface area (Å²) in [4.78, 5) is 15.1. The van der Waals surface area contributed by atoms with Crippen molar-refractivity contribution in [3.8, 4) is 0 Å². The van der Waals surface area contributed by atoms with Gasteiger partial charge in [0.15, 0.2) is 11.6 Å². The number of carbonyl (C=O) groups excluding carboxylic acids is 1. The van der Waals surface area contributed by atoms with E-state index in [0.29, 0.717) is 24.1 Å². The smallest absolute Gasteiger partial charge is 0.268 e. The number of rotatable bonds is 4. The highest BCUT2D eigenvalue weighted by molar-refractivity contribution is 7.99. The van der Waals surface area contributed by atoms with E-state index in [4.69, 9.17) is 0 Å². The number of hydrogen-bond donors (Lipinski definition) is 2. The monoisotopic (exact) mass is 438 g/mol. The molecule has 4 aromatic rings. The van der Waals surface area contributed by atoms with Gasteiger partial charge in [0.25, 0.3) is 5.91 Å². The highest BCUT2D eigenvalue weighted by atomic mass is 32.2. The van der Waals surface area contributed by atoms with E-state index in [9.17, 15) is 13.6 Å². The average molecular weight is 439 g/mol. The molecule has 0 aliphatic heterocycles. The second-order valence-electron chi connectivity index (χ2n) is 7.79. The second kappa shape index (κ2) is 7.53. The molecular weight excluding hydrogens is 418 g/mol. The number of carbonyl (C=O) groups is 1. The standard InChI is InChI=1S/C23H20F2N4OS/c1-12-22(31-15-4-6-19-14(7-15)11-26-28-19)10-21(29(12)2)23(30)27-20-5-3-13-8-17(24)18(25)9-16(13)20/h4,6-11,20H,3,5H2,1-2H3,(H,26,28)(H,27,30). The van der Waals surface area contributed by atoms with Gasteiger partial charge in [-0.15, -0.1) is 0 Å². The molecule has 2 aromatic heterocycles. The molecule has 2 heterocycles. The molecule has 5 rings (SSSR count). The van der Waals surface area contributed by atoms with E-state index in [1.54, 1.807) is 18.0 Å². The van der Waals surface area contributed by atoms with Crippen molar-refractivity contribution in [1.82, 2.24) is 20.1 Å². The number of hydrogen-bond acceptors (Lipinski definition) is 3. The number of nitrogens with one attached hydrogen (secondary N) is 2. The molecule has 0 radical (unpaired) electrons. The fraction of sp³-hybridized carbons (Fsp3) is 0.217. The number of aryl methyl sites for hydroxylation is 1. The Balaban J connectivity index is 1.38. The molecule has 0 spiro atoms. The highest BCUT2D eigenvalue weighted by Gasteiger charge is 2.27. The van der Waals surface area contributed by atoms with Gasteiger partial charge in [-0.3, -0.25) is 9.89 Å². The van der Waals surface area contributed by atoms with Crippen molar-refractivity contribution in [3.05, 3.63) is 76.7 Å². The molecule has 0 saturated heterocycles. The first-order valence-corrected chi connectivity index (χ1v) is 10.8. The van der Waals surface area contributed by atoms with Crippen LogP contribution in [0.3, 0.4) is 0 Å². The summed E-state index contributed by atoms with van der Waals surface area (Å²) in [7, 11) is 1.85. The summed E-state index contributed by atoms with van der Waals surface area (Å²) in [5.41, 5.74) is 3.88. The Kier molecular flexibility index (Phi) is 4.81. The quantitative estimate of drug-likeness (QED) is 0.468. The summed E-state index contributed by atoms with van der Waals surface area (Å²) in [6.07, 6.45) is 3.02. The van der Waals surface area contributed by atoms with Crippen LogP contribution in [0.2, 0.25) is 0 Å². The normalized spacial score (nSPS) is 15.4. The van der Waals surface area contributed by atoms with Crippen LogP contribution in [0.1, 0.15) is 39.8 Å². The third-order valence-corrected chi connectivity index (χ3v) is 7.05. The van der Waals surface area contributed by atoms with Crippen molar-refractivity contribution in [2.24, 2.45) is 7.05 Å². The maximum Gasteiger partial charge on any atom is 0.268 e. The minimum absolute atomic E-state index is 0.231. The van der Waals surface area contributed by atoms with Gasteiger partial charge in [0.2, 0.25) is 0 Å². The van der Waals surface area contributed by atoms with E-state index in [0.717, 1.165) is 32.0 Å². The summed E-state index contributed by atoms with van der Waals surface area (Å²) in [6, 6.07) is 10.0. The minimum atomic E-state index is -0.886. The van der Waals surface area contributed by atoms with Crippen molar-refractivity contribution in [3.63, 3.8) is 0 Å². The maximum atomic E-state index is 13.7. The lowest BCUT2D eigenvalue weighted by Gasteiger charge is -2.15. The number of benzene rings is 2. The van der Waals surface area contributed by atoms with Crippen LogP contribution in [-0.4, -0.2) is 20.7 Å². The van der Waals surface area contributed by atoms with Gasteiger partial charge in [-0.05, 0) is 67.3 Å². The van der Waals surface area contributed by atoms with Crippen molar-refractivity contribution in [2.45, 2.75) is 35.6 Å². The van der Waals surface area contributed by atoms with Crippen molar-refractivity contribution in [2.75, 3.05) is 0 Å². The number of aromatic amines is 1. The molecule has 1 aliphatic carbocycles. The highest BCUT2D eigenvalue weighted by Crippen LogP contribution is 2.35. The zero-order chi connectivity index (χ0) is 21.7. The first-order chi connectivity index (χ1) is 14.9. The number of aromatic nitrogens is 3. The van der Waals surface area contributed by atoms with Gasteiger partial charge < -0.3 is 9.88 Å². The Morgan fingerprint density at radius 1 is 1.23 bits per heavy atom. The zero-order valence-corrected chi connectivity index (χ0v) is 17.8. The number of amides is 1.